The Labute approximate surface area is 199 Å². The number of hydrogen-bond acceptors (Lipinski definition) is 5. The summed E-state index contributed by atoms with van der Waals surface area (Å²) in [6.07, 6.45) is 2.15. The van der Waals surface area contributed by atoms with Crippen LogP contribution in [0.2, 0.25) is 0 Å². The van der Waals surface area contributed by atoms with Gasteiger partial charge in [0.2, 0.25) is 5.91 Å². The first-order chi connectivity index (χ1) is 16.5. The lowest BCUT2D eigenvalue weighted by atomic mass is 10.0. The minimum absolute atomic E-state index is 0.0470. The zero-order valence-corrected chi connectivity index (χ0v) is 19.6. The van der Waals surface area contributed by atoms with Crippen LogP contribution in [0.25, 0.3) is 0 Å². The highest BCUT2D eigenvalue weighted by Gasteiger charge is 2.31. The first-order valence-electron chi connectivity index (χ1n) is 11.6. The molecule has 2 aromatic rings. The van der Waals surface area contributed by atoms with Gasteiger partial charge in [-0.2, -0.15) is 0 Å². The number of methoxy groups -OCH3 is 1. The molecule has 2 aliphatic heterocycles. The molecular weight excluding hydrogens is 434 g/mol. The number of hydrogen-bond donors (Lipinski definition) is 3. The number of carbonyl (C=O) groups is 3. The first kappa shape index (κ1) is 23.4. The van der Waals surface area contributed by atoms with Gasteiger partial charge in [0.15, 0.2) is 0 Å². The molecule has 0 unspecified atom stereocenters. The van der Waals surface area contributed by atoms with Crippen LogP contribution >= 0.6 is 0 Å². The molecule has 3 N–H and O–H groups in total. The predicted molar refractivity (Wildman–Crippen MR) is 130 cm³/mol. The number of rotatable bonds is 6. The Balaban J connectivity index is 1.27. The molecule has 9 nitrogen and oxygen atoms in total. The van der Waals surface area contributed by atoms with E-state index in [1.54, 1.807) is 37.3 Å². The van der Waals surface area contributed by atoms with Gasteiger partial charge in [-0.25, -0.2) is 4.79 Å². The van der Waals surface area contributed by atoms with Gasteiger partial charge in [0, 0.05) is 49.7 Å². The van der Waals surface area contributed by atoms with Gasteiger partial charge in [-0.1, -0.05) is 6.07 Å². The lowest BCUT2D eigenvalue weighted by Gasteiger charge is -2.38. The molecule has 1 saturated heterocycles. The van der Waals surface area contributed by atoms with Crippen LogP contribution in [0.15, 0.2) is 42.5 Å². The number of likely N-dealkylation sites (tertiary alicyclic amines) is 1. The van der Waals surface area contributed by atoms with E-state index in [2.05, 4.69) is 16.0 Å². The van der Waals surface area contributed by atoms with Gasteiger partial charge >= 0.3 is 6.03 Å². The van der Waals surface area contributed by atoms with Crippen LogP contribution in [0.5, 0.6) is 5.75 Å². The highest BCUT2D eigenvalue weighted by atomic mass is 16.5. The predicted octanol–water partition coefficient (Wildman–Crippen LogP) is 2.55. The minimum Gasteiger partial charge on any atom is -0.497 e. The van der Waals surface area contributed by atoms with E-state index >= 15 is 0 Å². The third-order valence-electron chi connectivity index (χ3n) is 6.51. The van der Waals surface area contributed by atoms with Gasteiger partial charge in [-0.15, -0.1) is 0 Å². The standard InChI is InChI=1S/C25H31N5O4/c1-26-19-5-3-4-18(14-19)24(32)27-16-23(31)29-11-9-20(10-12-29)30-13-8-17-15-21(34-2)6-7-22(17)28-25(30)33/h3-7,14-15,20,26H,8-13,16H2,1-2H3,(H,27,32)(H,28,33). The summed E-state index contributed by atoms with van der Waals surface area (Å²) in [5.74, 6) is 0.379. The largest absolute Gasteiger partial charge is 0.497 e. The van der Waals surface area contributed by atoms with Crippen molar-refractivity contribution >= 4 is 29.2 Å². The van der Waals surface area contributed by atoms with Gasteiger partial charge in [0.25, 0.3) is 5.91 Å². The summed E-state index contributed by atoms with van der Waals surface area (Å²) in [5, 5.41) is 8.72. The number of amides is 4. The van der Waals surface area contributed by atoms with Gasteiger partial charge in [-0.05, 0) is 61.2 Å². The molecule has 0 saturated carbocycles. The third-order valence-corrected chi connectivity index (χ3v) is 6.51. The number of anilines is 2. The number of piperidine rings is 1. The second kappa shape index (κ2) is 10.5. The molecule has 0 radical (unpaired) electrons. The van der Waals surface area contributed by atoms with Crippen molar-refractivity contribution in [1.29, 1.82) is 0 Å². The van der Waals surface area contributed by atoms with Crippen LogP contribution in [-0.4, -0.2) is 74.0 Å². The lowest BCUT2D eigenvalue weighted by molar-refractivity contribution is -0.131. The molecule has 34 heavy (non-hydrogen) atoms. The Kier molecular flexibility index (Phi) is 7.20. The summed E-state index contributed by atoms with van der Waals surface area (Å²) < 4.78 is 5.30. The van der Waals surface area contributed by atoms with Crippen LogP contribution in [0.4, 0.5) is 16.2 Å². The van der Waals surface area contributed by atoms with Crippen molar-refractivity contribution in [3.63, 3.8) is 0 Å². The van der Waals surface area contributed by atoms with Gasteiger partial charge < -0.3 is 30.5 Å². The molecule has 0 bridgehead atoms. The third kappa shape index (κ3) is 5.24. The summed E-state index contributed by atoms with van der Waals surface area (Å²) in [4.78, 5) is 41.5. The average Bonchev–Trinajstić information content (AvgIpc) is 3.04. The molecule has 0 spiro atoms. The lowest BCUT2D eigenvalue weighted by Crippen LogP contribution is -2.51. The van der Waals surface area contributed by atoms with E-state index in [-0.39, 0.29) is 30.4 Å². The van der Waals surface area contributed by atoms with Crippen LogP contribution in [0.1, 0.15) is 28.8 Å². The summed E-state index contributed by atoms with van der Waals surface area (Å²) in [5.41, 5.74) is 3.21. The molecule has 0 atom stereocenters. The van der Waals surface area contributed by atoms with E-state index in [9.17, 15) is 14.4 Å². The monoisotopic (exact) mass is 465 g/mol. The molecule has 4 amide bonds. The van der Waals surface area contributed by atoms with Crippen molar-refractivity contribution in [3.8, 4) is 5.75 Å². The topological polar surface area (TPSA) is 103 Å². The molecular formula is C25H31N5O4. The maximum absolute atomic E-state index is 12.9. The van der Waals surface area contributed by atoms with Crippen molar-refractivity contribution in [1.82, 2.24) is 15.1 Å². The zero-order valence-electron chi connectivity index (χ0n) is 19.6. The molecule has 180 valence electrons. The number of carbonyl (C=O) groups excluding carboxylic acids is 3. The molecule has 0 aliphatic carbocycles. The van der Waals surface area contributed by atoms with Crippen molar-refractivity contribution in [2.75, 3.05) is 51.0 Å². The summed E-state index contributed by atoms with van der Waals surface area (Å²) in [7, 11) is 3.42. The minimum atomic E-state index is -0.280. The smallest absolute Gasteiger partial charge is 0.322 e. The van der Waals surface area contributed by atoms with Crippen molar-refractivity contribution < 1.29 is 19.1 Å². The number of benzene rings is 2. The molecule has 2 heterocycles. The normalized spacial score (nSPS) is 16.2. The fourth-order valence-corrected chi connectivity index (χ4v) is 4.52. The average molecular weight is 466 g/mol. The van der Waals surface area contributed by atoms with Crippen molar-refractivity contribution in [2.24, 2.45) is 0 Å². The van der Waals surface area contributed by atoms with E-state index in [0.717, 1.165) is 29.1 Å². The number of fused-ring (bicyclic) bond motifs is 1. The zero-order chi connectivity index (χ0) is 24.1. The molecule has 1 fully saturated rings. The second-order valence-electron chi connectivity index (χ2n) is 8.52. The maximum Gasteiger partial charge on any atom is 0.322 e. The van der Waals surface area contributed by atoms with Crippen molar-refractivity contribution in [2.45, 2.75) is 25.3 Å². The fraction of sp³-hybridized carbons (Fsp3) is 0.400. The fourth-order valence-electron chi connectivity index (χ4n) is 4.52. The highest BCUT2D eigenvalue weighted by molar-refractivity contribution is 5.97. The molecule has 4 rings (SSSR count). The van der Waals surface area contributed by atoms with Gasteiger partial charge in [-0.3, -0.25) is 9.59 Å². The van der Waals surface area contributed by atoms with Gasteiger partial charge in [0.05, 0.1) is 13.7 Å². The van der Waals surface area contributed by atoms with Crippen LogP contribution in [0, 0.1) is 0 Å². The summed E-state index contributed by atoms with van der Waals surface area (Å²) >= 11 is 0. The number of ether oxygens (including phenoxy) is 1. The molecule has 2 aromatic carbocycles. The summed E-state index contributed by atoms with van der Waals surface area (Å²) in [6.45, 7) is 1.68. The van der Waals surface area contributed by atoms with E-state index in [1.807, 2.05) is 29.2 Å². The van der Waals surface area contributed by atoms with E-state index in [1.165, 1.54) is 0 Å². The van der Waals surface area contributed by atoms with Crippen LogP contribution < -0.4 is 20.7 Å². The maximum atomic E-state index is 12.9. The first-order valence-corrected chi connectivity index (χ1v) is 11.6. The Morgan fingerprint density at radius 2 is 1.91 bits per heavy atom. The van der Waals surface area contributed by atoms with E-state index in [0.29, 0.717) is 38.0 Å². The second-order valence-corrected chi connectivity index (χ2v) is 8.52. The van der Waals surface area contributed by atoms with Crippen LogP contribution in [-0.2, 0) is 11.2 Å². The number of nitrogens with one attached hydrogen (secondary N) is 3. The van der Waals surface area contributed by atoms with E-state index < -0.39 is 0 Å². The van der Waals surface area contributed by atoms with Gasteiger partial charge in [0.1, 0.15) is 5.75 Å². The Morgan fingerprint density at radius 3 is 2.65 bits per heavy atom. The van der Waals surface area contributed by atoms with E-state index in [4.69, 9.17) is 4.74 Å². The summed E-state index contributed by atoms with van der Waals surface area (Å²) in [6, 6.07) is 12.8. The Hall–Kier alpha value is -3.75. The molecule has 0 aromatic heterocycles. The molecule has 9 heteroatoms. The number of urea groups is 1. The quantitative estimate of drug-likeness (QED) is 0.609. The van der Waals surface area contributed by atoms with Crippen molar-refractivity contribution in [3.05, 3.63) is 53.6 Å². The molecule has 2 aliphatic rings. The Morgan fingerprint density at radius 1 is 1.12 bits per heavy atom. The van der Waals surface area contributed by atoms with Crippen LogP contribution in [0.3, 0.4) is 0 Å². The highest BCUT2D eigenvalue weighted by Crippen LogP contribution is 2.27. The SMILES string of the molecule is CNc1cccc(C(=O)NCC(=O)N2CCC(N3CCc4cc(OC)ccc4NC3=O)CC2)c1. The number of nitrogens with zero attached hydrogens (tertiary/aromatic N) is 2. The Bertz CT molecular complexity index is 1070.